The minimum Gasteiger partial charge on any atom is -0.480 e. The van der Waals surface area contributed by atoms with E-state index in [9.17, 15) is 9.59 Å². The molecule has 4 N–H and O–H groups in total. The Balaban J connectivity index is 4.28. The number of thiol groups is 1. The lowest BCUT2D eigenvalue weighted by molar-refractivity contribution is -0.139. The molecule has 0 rings (SSSR count). The number of carboxylic acids is 2. The van der Waals surface area contributed by atoms with Crippen molar-refractivity contribution in [2.45, 2.75) is 15.2 Å². The molecule has 0 aliphatic heterocycles. The highest BCUT2D eigenvalue weighted by Crippen LogP contribution is 2.15. The van der Waals surface area contributed by atoms with Crippen LogP contribution in [-0.2, 0) is 9.59 Å². The van der Waals surface area contributed by atoms with Gasteiger partial charge in [-0.25, -0.2) is 0 Å². The predicted octanol–water partition coefficient (Wildman–Crippen LogP) is -0.415. The Morgan fingerprint density at radius 1 is 1.33 bits per heavy atom. The van der Waals surface area contributed by atoms with Gasteiger partial charge in [-0.3, -0.25) is 9.59 Å². The van der Waals surface area contributed by atoms with Crippen LogP contribution in [0.4, 0.5) is 0 Å². The van der Waals surface area contributed by atoms with Crippen LogP contribution in [0.2, 0.25) is 0 Å². The maximum Gasteiger partial charge on any atom is 0.321 e. The van der Waals surface area contributed by atoms with Crippen LogP contribution in [0, 0.1) is 0 Å². The van der Waals surface area contributed by atoms with Crippen LogP contribution in [0.25, 0.3) is 0 Å². The highest BCUT2D eigenvalue weighted by molar-refractivity contribution is 14.1. The molecule has 0 bridgehead atoms. The zero-order chi connectivity index (χ0) is 9.89. The van der Waals surface area contributed by atoms with Gasteiger partial charge in [0.1, 0.15) is 9.97 Å². The highest BCUT2D eigenvalue weighted by Gasteiger charge is 2.31. The van der Waals surface area contributed by atoms with Gasteiger partial charge in [-0.05, 0) is 0 Å². The quantitative estimate of drug-likeness (QED) is 0.321. The van der Waals surface area contributed by atoms with Gasteiger partial charge in [0.2, 0.25) is 0 Å². The first-order valence-corrected chi connectivity index (χ1v) is 4.67. The van der Waals surface area contributed by atoms with E-state index >= 15 is 0 Å². The van der Waals surface area contributed by atoms with Crippen LogP contribution >= 0.6 is 35.2 Å². The molecular formula is C5H8INO4S. The summed E-state index contributed by atoms with van der Waals surface area (Å²) in [7, 11) is 0. The Hall–Kier alpha value is -0.0200. The van der Waals surface area contributed by atoms with Crippen LogP contribution in [-0.4, -0.2) is 37.4 Å². The summed E-state index contributed by atoms with van der Waals surface area (Å²) in [6.07, 6.45) is 0. The molecule has 0 fully saturated rings. The van der Waals surface area contributed by atoms with Crippen molar-refractivity contribution in [1.29, 1.82) is 0 Å². The van der Waals surface area contributed by atoms with Crippen molar-refractivity contribution in [3.63, 3.8) is 0 Å². The molecule has 0 aliphatic rings. The lowest BCUT2D eigenvalue weighted by atomic mass is 10.1. The number of nitrogens with two attached hydrogens (primary N) is 1. The lowest BCUT2D eigenvalue weighted by Gasteiger charge is -2.17. The Bertz CT molecular complexity index is 180. The average molecular weight is 305 g/mol. The summed E-state index contributed by atoms with van der Waals surface area (Å²) in [6.45, 7) is 0. The van der Waals surface area contributed by atoms with Crippen molar-refractivity contribution in [2.24, 2.45) is 5.73 Å². The molecule has 2 unspecified atom stereocenters. The summed E-state index contributed by atoms with van der Waals surface area (Å²) in [4.78, 5) is 20.7. The number of aliphatic carboxylic acids is 2. The van der Waals surface area contributed by atoms with Crippen LogP contribution in [0.5, 0.6) is 0 Å². The molecule has 5 nitrogen and oxygen atoms in total. The van der Waals surface area contributed by atoms with Crippen LogP contribution < -0.4 is 5.73 Å². The van der Waals surface area contributed by atoms with Gasteiger partial charge in [0.15, 0.2) is 0 Å². The zero-order valence-electron chi connectivity index (χ0n) is 5.85. The maximum atomic E-state index is 10.4. The first-order chi connectivity index (χ1) is 5.37. The van der Waals surface area contributed by atoms with Gasteiger partial charge in [-0.15, -0.1) is 0 Å². The molecule has 7 heteroatoms. The molecule has 0 aliphatic carbocycles. The van der Waals surface area contributed by atoms with Crippen molar-refractivity contribution in [2.75, 3.05) is 0 Å². The molecule has 0 aromatic heterocycles. The van der Waals surface area contributed by atoms with Crippen molar-refractivity contribution in [1.82, 2.24) is 0 Å². The molecule has 12 heavy (non-hydrogen) atoms. The van der Waals surface area contributed by atoms with Gasteiger partial charge in [0, 0.05) is 0 Å². The molecule has 3 atom stereocenters. The summed E-state index contributed by atoms with van der Waals surface area (Å²) in [5, 5.41) is 16.0. The van der Waals surface area contributed by atoms with E-state index in [2.05, 4.69) is 12.6 Å². The Morgan fingerprint density at radius 3 is 2.00 bits per heavy atom. The summed E-state index contributed by atoms with van der Waals surface area (Å²) >= 11 is 5.39. The van der Waals surface area contributed by atoms with Crippen molar-refractivity contribution in [3.05, 3.63) is 0 Å². The standard InChI is InChI=1S/C5H8INO4S/c6-1(4(8)9)3(12)2(7)5(10)11/h1-3,12H,7H2,(H,8,9)(H,10,11)/t1?,2-,3?/m0/s1. The number of hydrogen-bond acceptors (Lipinski definition) is 4. The van der Waals surface area contributed by atoms with Gasteiger partial charge < -0.3 is 15.9 Å². The van der Waals surface area contributed by atoms with E-state index in [0.29, 0.717) is 0 Å². The second kappa shape index (κ2) is 4.87. The summed E-state index contributed by atoms with van der Waals surface area (Å²) in [6, 6.07) is -1.26. The Labute approximate surface area is 87.9 Å². The van der Waals surface area contributed by atoms with E-state index < -0.39 is 27.2 Å². The van der Waals surface area contributed by atoms with Gasteiger partial charge in [-0.2, -0.15) is 12.6 Å². The maximum absolute atomic E-state index is 10.4. The third kappa shape index (κ3) is 3.15. The van der Waals surface area contributed by atoms with E-state index in [4.69, 9.17) is 15.9 Å². The lowest BCUT2D eigenvalue weighted by Crippen LogP contribution is -2.45. The largest absolute Gasteiger partial charge is 0.480 e. The fraction of sp³-hybridized carbons (Fsp3) is 0.600. The fourth-order valence-corrected chi connectivity index (χ4v) is 1.18. The Morgan fingerprint density at radius 2 is 1.75 bits per heavy atom. The minimum atomic E-state index is -1.26. The molecule has 0 spiro atoms. The first-order valence-electron chi connectivity index (χ1n) is 2.91. The van der Waals surface area contributed by atoms with E-state index in [1.54, 1.807) is 22.6 Å². The molecule has 70 valence electrons. The number of carboxylic acid groups (broad SMARTS) is 2. The molecule has 0 aromatic carbocycles. The molecule has 0 amide bonds. The van der Waals surface area contributed by atoms with Crippen LogP contribution in [0.3, 0.4) is 0 Å². The van der Waals surface area contributed by atoms with E-state index in [1.807, 2.05) is 0 Å². The van der Waals surface area contributed by atoms with E-state index in [1.165, 1.54) is 0 Å². The average Bonchev–Trinajstić information content (AvgIpc) is 2.00. The van der Waals surface area contributed by atoms with Gasteiger partial charge in [0.05, 0.1) is 5.25 Å². The van der Waals surface area contributed by atoms with Gasteiger partial charge >= 0.3 is 11.9 Å². The van der Waals surface area contributed by atoms with E-state index in [-0.39, 0.29) is 0 Å². The molecule has 0 saturated carbocycles. The molecule has 0 radical (unpaired) electrons. The van der Waals surface area contributed by atoms with Crippen molar-refractivity contribution >= 4 is 47.2 Å². The topological polar surface area (TPSA) is 101 Å². The third-order valence-electron chi connectivity index (χ3n) is 1.19. The van der Waals surface area contributed by atoms with Crippen LogP contribution in [0.1, 0.15) is 0 Å². The predicted molar refractivity (Wildman–Crippen MR) is 53.8 cm³/mol. The second-order valence-electron chi connectivity index (χ2n) is 2.09. The van der Waals surface area contributed by atoms with Gasteiger partial charge in [-0.1, -0.05) is 22.6 Å². The Kier molecular flexibility index (Phi) is 4.87. The summed E-state index contributed by atoms with van der Waals surface area (Å²) in [5.41, 5.74) is 5.15. The number of alkyl halides is 1. The molecule has 0 heterocycles. The number of rotatable bonds is 4. The minimum absolute atomic E-state index is 0.888. The monoisotopic (exact) mass is 305 g/mol. The number of carbonyl (C=O) groups is 2. The number of halogens is 1. The molecular weight excluding hydrogens is 297 g/mol. The fourth-order valence-electron chi connectivity index (χ4n) is 0.474. The molecule has 0 aromatic rings. The van der Waals surface area contributed by atoms with Crippen LogP contribution in [0.15, 0.2) is 0 Å². The normalized spacial score (nSPS) is 17.9. The SMILES string of the molecule is N[C@H](C(=O)O)C(S)C(I)C(=O)O. The third-order valence-corrected chi connectivity index (χ3v) is 3.68. The van der Waals surface area contributed by atoms with E-state index in [0.717, 1.165) is 0 Å². The second-order valence-corrected chi connectivity index (χ2v) is 4.03. The first kappa shape index (κ1) is 12.0. The van der Waals surface area contributed by atoms with Gasteiger partial charge in [0.25, 0.3) is 0 Å². The summed E-state index contributed by atoms with van der Waals surface area (Å²) < 4.78 is -0.906. The number of hydrogen-bond donors (Lipinski definition) is 4. The highest BCUT2D eigenvalue weighted by atomic mass is 127. The summed E-state index contributed by atoms with van der Waals surface area (Å²) in [5.74, 6) is -2.37. The smallest absolute Gasteiger partial charge is 0.321 e. The van der Waals surface area contributed by atoms with Crippen molar-refractivity contribution in [3.8, 4) is 0 Å². The van der Waals surface area contributed by atoms with Crippen molar-refractivity contribution < 1.29 is 19.8 Å². The molecule has 0 saturated heterocycles. The zero-order valence-corrected chi connectivity index (χ0v) is 8.90.